The van der Waals surface area contributed by atoms with Crippen molar-refractivity contribution in [2.24, 2.45) is 0 Å². The van der Waals surface area contributed by atoms with Gasteiger partial charge in [-0.25, -0.2) is 4.39 Å². The lowest BCUT2D eigenvalue weighted by atomic mass is 10.1. The normalized spacial score (nSPS) is 15.7. The lowest BCUT2D eigenvalue weighted by Crippen LogP contribution is -2.43. The first-order chi connectivity index (χ1) is 9.33. The monoisotopic (exact) mass is 260 g/mol. The predicted octanol–water partition coefficient (Wildman–Crippen LogP) is 1.55. The van der Waals surface area contributed by atoms with E-state index >= 15 is 0 Å². The molecule has 3 rings (SSSR count). The third kappa shape index (κ3) is 2.76. The molecule has 0 saturated carbocycles. The number of aromatic nitrogens is 2. The first-order valence-corrected chi connectivity index (χ1v) is 6.55. The Morgan fingerprint density at radius 3 is 2.63 bits per heavy atom. The Balaban J connectivity index is 1.77. The van der Waals surface area contributed by atoms with Crippen LogP contribution in [0.2, 0.25) is 0 Å². The van der Waals surface area contributed by atoms with Gasteiger partial charge in [-0.3, -0.25) is 5.10 Å². The van der Waals surface area contributed by atoms with E-state index in [9.17, 15) is 4.39 Å². The first kappa shape index (κ1) is 12.2. The Morgan fingerprint density at radius 1 is 1.16 bits per heavy atom. The molecule has 0 bridgehead atoms. The van der Waals surface area contributed by atoms with Crippen molar-refractivity contribution in [3.8, 4) is 0 Å². The first-order valence-electron chi connectivity index (χ1n) is 6.55. The van der Waals surface area contributed by atoms with E-state index < -0.39 is 0 Å². The smallest absolute Gasteiger partial charge is 0.123 e. The van der Waals surface area contributed by atoms with Gasteiger partial charge in [0.15, 0.2) is 0 Å². The summed E-state index contributed by atoms with van der Waals surface area (Å²) in [7, 11) is 0. The molecule has 1 aliphatic heterocycles. The molecule has 0 amide bonds. The predicted molar refractivity (Wildman–Crippen MR) is 72.9 cm³/mol. The quantitative estimate of drug-likeness (QED) is 0.880. The Kier molecular flexibility index (Phi) is 3.46. The minimum Gasteiger partial charge on any atom is -0.366 e. The minimum absolute atomic E-state index is 0.198. The average molecular weight is 260 g/mol. The van der Waals surface area contributed by atoms with E-state index in [0.29, 0.717) is 0 Å². The van der Waals surface area contributed by atoms with Crippen molar-refractivity contribution in [3.05, 3.63) is 47.5 Å². The highest BCUT2D eigenvalue weighted by molar-refractivity contribution is 5.51. The second-order valence-corrected chi connectivity index (χ2v) is 4.77. The SMILES string of the molecule is Fc1ccc(Cc2[nH]ncc2N2CCNCC2)cc1. The van der Waals surface area contributed by atoms with Crippen LogP contribution in [-0.2, 0) is 6.42 Å². The van der Waals surface area contributed by atoms with Crippen LogP contribution >= 0.6 is 0 Å². The van der Waals surface area contributed by atoms with Gasteiger partial charge in [-0.2, -0.15) is 5.10 Å². The second kappa shape index (κ2) is 5.40. The van der Waals surface area contributed by atoms with E-state index in [2.05, 4.69) is 20.4 Å². The Labute approximate surface area is 111 Å². The zero-order chi connectivity index (χ0) is 13.1. The van der Waals surface area contributed by atoms with Crippen LogP contribution in [0.1, 0.15) is 11.3 Å². The highest BCUT2D eigenvalue weighted by Crippen LogP contribution is 2.21. The minimum atomic E-state index is -0.198. The summed E-state index contributed by atoms with van der Waals surface area (Å²) in [6, 6.07) is 6.63. The largest absolute Gasteiger partial charge is 0.366 e. The van der Waals surface area contributed by atoms with Crippen molar-refractivity contribution in [3.63, 3.8) is 0 Å². The molecule has 0 aliphatic carbocycles. The van der Waals surface area contributed by atoms with E-state index in [1.165, 1.54) is 12.1 Å². The molecule has 0 radical (unpaired) electrons. The molecule has 0 spiro atoms. The van der Waals surface area contributed by atoms with Crippen molar-refractivity contribution in [2.75, 3.05) is 31.1 Å². The zero-order valence-electron chi connectivity index (χ0n) is 10.7. The maximum absolute atomic E-state index is 12.9. The summed E-state index contributed by atoms with van der Waals surface area (Å²) in [5.41, 5.74) is 3.33. The summed E-state index contributed by atoms with van der Waals surface area (Å²) in [5.74, 6) is -0.198. The summed E-state index contributed by atoms with van der Waals surface area (Å²) in [5, 5.41) is 10.5. The van der Waals surface area contributed by atoms with Crippen LogP contribution in [-0.4, -0.2) is 36.4 Å². The Hall–Kier alpha value is -1.88. The fourth-order valence-corrected chi connectivity index (χ4v) is 2.42. The molecule has 1 aromatic heterocycles. The van der Waals surface area contributed by atoms with Crippen molar-refractivity contribution in [1.82, 2.24) is 15.5 Å². The Bertz CT molecular complexity index is 529. The van der Waals surface area contributed by atoms with Crippen LogP contribution in [0, 0.1) is 5.82 Å². The summed E-state index contributed by atoms with van der Waals surface area (Å²) >= 11 is 0. The van der Waals surface area contributed by atoms with Gasteiger partial charge in [0.05, 0.1) is 17.6 Å². The van der Waals surface area contributed by atoms with Gasteiger partial charge in [0, 0.05) is 32.6 Å². The summed E-state index contributed by atoms with van der Waals surface area (Å²) in [6.07, 6.45) is 2.63. The highest BCUT2D eigenvalue weighted by Gasteiger charge is 2.15. The molecule has 1 saturated heterocycles. The molecule has 0 atom stereocenters. The summed E-state index contributed by atoms with van der Waals surface area (Å²) in [6.45, 7) is 3.99. The van der Waals surface area contributed by atoms with Crippen molar-refractivity contribution in [1.29, 1.82) is 0 Å². The summed E-state index contributed by atoms with van der Waals surface area (Å²) < 4.78 is 12.9. The fourth-order valence-electron chi connectivity index (χ4n) is 2.42. The Morgan fingerprint density at radius 2 is 1.89 bits per heavy atom. The zero-order valence-corrected chi connectivity index (χ0v) is 10.7. The van der Waals surface area contributed by atoms with Gasteiger partial charge < -0.3 is 10.2 Å². The molecular formula is C14H17FN4. The fraction of sp³-hybridized carbons (Fsp3) is 0.357. The number of nitrogens with one attached hydrogen (secondary N) is 2. The third-order valence-electron chi connectivity index (χ3n) is 3.45. The molecule has 5 heteroatoms. The van der Waals surface area contributed by atoms with Gasteiger partial charge in [-0.05, 0) is 17.7 Å². The molecule has 1 aliphatic rings. The molecule has 2 aromatic rings. The maximum Gasteiger partial charge on any atom is 0.123 e. The van der Waals surface area contributed by atoms with Crippen molar-refractivity contribution in [2.45, 2.75) is 6.42 Å². The van der Waals surface area contributed by atoms with E-state index in [0.717, 1.165) is 49.5 Å². The van der Waals surface area contributed by atoms with Gasteiger partial charge in [0.1, 0.15) is 5.82 Å². The highest BCUT2D eigenvalue weighted by atomic mass is 19.1. The van der Waals surface area contributed by atoms with Crippen LogP contribution in [0.25, 0.3) is 0 Å². The van der Waals surface area contributed by atoms with Crippen LogP contribution in [0.4, 0.5) is 10.1 Å². The van der Waals surface area contributed by atoms with E-state index in [1.807, 2.05) is 18.3 Å². The van der Waals surface area contributed by atoms with Crippen LogP contribution in [0.15, 0.2) is 30.5 Å². The molecule has 2 N–H and O–H groups in total. The number of aromatic amines is 1. The van der Waals surface area contributed by atoms with Gasteiger partial charge in [0.2, 0.25) is 0 Å². The van der Waals surface area contributed by atoms with E-state index in [1.54, 1.807) is 0 Å². The number of hydrogen-bond acceptors (Lipinski definition) is 3. The average Bonchev–Trinajstić information content (AvgIpc) is 2.90. The maximum atomic E-state index is 12.9. The molecule has 1 fully saturated rings. The molecule has 4 nitrogen and oxygen atoms in total. The van der Waals surface area contributed by atoms with Crippen LogP contribution in [0.5, 0.6) is 0 Å². The third-order valence-corrected chi connectivity index (χ3v) is 3.45. The lowest BCUT2D eigenvalue weighted by Gasteiger charge is -2.29. The number of rotatable bonds is 3. The molecule has 0 unspecified atom stereocenters. The van der Waals surface area contributed by atoms with Crippen LogP contribution in [0.3, 0.4) is 0 Å². The lowest BCUT2D eigenvalue weighted by molar-refractivity contribution is 0.588. The number of benzene rings is 1. The summed E-state index contributed by atoms with van der Waals surface area (Å²) in [4.78, 5) is 2.33. The number of hydrogen-bond donors (Lipinski definition) is 2. The number of anilines is 1. The van der Waals surface area contributed by atoms with E-state index in [-0.39, 0.29) is 5.82 Å². The molecular weight excluding hydrogens is 243 g/mol. The van der Waals surface area contributed by atoms with Gasteiger partial charge in [0.25, 0.3) is 0 Å². The molecule has 2 heterocycles. The molecule has 19 heavy (non-hydrogen) atoms. The number of H-pyrrole nitrogens is 1. The van der Waals surface area contributed by atoms with Crippen LogP contribution < -0.4 is 10.2 Å². The van der Waals surface area contributed by atoms with Gasteiger partial charge >= 0.3 is 0 Å². The standard InChI is InChI=1S/C14H17FN4/c15-12-3-1-11(2-4-12)9-13-14(10-17-18-13)19-7-5-16-6-8-19/h1-4,10,16H,5-9H2,(H,17,18). The number of piperazine rings is 1. The van der Waals surface area contributed by atoms with Crippen molar-refractivity contribution >= 4 is 5.69 Å². The number of nitrogens with zero attached hydrogens (tertiary/aromatic N) is 2. The van der Waals surface area contributed by atoms with Gasteiger partial charge in [-0.15, -0.1) is 0 Å². The topological polar surface area (TPSA) is 44.0 Å². The van der Waals surface area contributed by atoms with Gasteiger partial charge in [-0.1, -0.05) is 12.1 Å². The molecule has 1 aromatic carbocycles. The second-order valence-electron chi connectivity index (χ2n) is 4.77. The van der Waals surface area contributed by atoms with E-state index in [4.69, 9.17) is 0 Å². The number of halogens is 1. The molecule has 100 valence electrons. The van der Waals surface area contributed by atoms with Crippen molar-refractivity contribution < 1.29 is 4.39 Å².